The normalized spacial score (nSPS) is 15.9. The quantitative estimate of drug-likeness (QED) is 0.473. The minimum Gasteiger partial charge on any atom is -0.365 e. The molecule has 0 fully saturated rings. The maximum atomic E-state index is 5.29. The van der Waals surface area contributed by atoms with Gasteiger partial charge in [-0.1, -0.05) is 6.92 Å². The number of hydrogen-bond acceptors (Lipinski definition) is 4. The molecule has 0 amide bonds. The predicted molar refractivity (Wildman–Crippen MR) is 55.7 cm³/mol. The van der Waals surface area contributed by atoms with Gasteiger partial charge in [-0.2, -0.15) is 0 Å². The summed E-state index contributed by atoms with van der Waals surface area (Å²) in [7, 11) is -0.597. The highest BCUT2D eigenvalue weighted by atomic mass is 32.2. The van der Waals surface area contributed by atoms with Crippen LogP contribution in [0.25, 0.3) is 0 Å². The Morgan fingerprint density at radius 2 is 1.50 bits per heavy atom. The monoisotopic (exact) mass is 214 g/mol. The van der Waals surface area contributed by atoms with Crippen LogP contribution in [0.5, 0.6) is 0 Å². The maximum absolute atomic E-state index is 5.29. The molecule has 0 unspecified atom stereocenters. The lowest BCUT2D eigenvalue weighted by molar-refractivity contribution is 0.664. The Hall–Kier alpha value is 1.05. The van der Waals surface area contributed by atoms with Gasteiger partial charge in [0, 0.05) is 12.5 Å². The van der Waals surface area contributed by atoms with Crippen LogP contribution in [0.1, 0.15) is 6.92 Å². The van der Waals surface area contributed by atoms with E-state index in [0.29, 0.717) is 0 Å². The van der Waals surface area contributed by atoms with Gasteiger partial charge in [0.15, 0.2) is 19.5 Å². The Balaban J connectivity index is 3.00. The molecule has 2 nitrogen and oxygen atoms in total. The van der Waals surface area contributed by atoms with Crippen molar-refractivity contribution in [3.8, 4) is 0 Å². The fourth-order valence-corrected chi connectivity index (χ4v) is 5.48. The molecule has 0 radical (unpaired) electrons. The highest BCUT2D eigenvalue weighted by molar-refractivity contribution is 7.94. The second-order valence-corrected chi connectivity index (χ2v) is 9.17. The summed E-state index contributed by atoms with van der Waals surface area (Å²) in [6, 6.07) is 0. The molecule has 0 aromatic rings. The Morgan fingerprint density at radius 1 is 1.10 bits per heavy atom. The molecule has 0 aliphatic heterocycles. The van der Waals surface area contributed by atoms with Crippen molar-refractivity contribution in [3.63, 3.8) is 0 Å². The minimum atomic E-state index is -0.298. The summed E-state index contributed by atoms with van der Waals surface area (Å²) in [4.78, 5) is 0. The van der Waals surface area contributed by atoms with Gasteiger partial charge in [0.2, 0.25) is 0 Å². The van der Waals surface area contributed by atoms with E-state index in [1.54, 1.807) is 0 Å². The maximum Gasteiger partial charge on any atom is 0.182 e. The van der Waals surface area contributed by atoms with Crippen molar-refractivity contribution < 1.29 is 7.74 Å². The molecule has 0 heterocycles. The van der Waals surface area contributed by atoms with Crippen LogP contribution in [0, 0.1) is 0 Å². The first kappa shape index (κ1) is 11.1. The molecular weight excluding hydrogens is 200 g/mol. The van der Waals surface area contributed by atoms with Gasteiger partial charge in [-0.05, 0) is 29.2 Å². The summed E-state index contributed by atoms with van der Waals surface area (Å²) in [6.07, 6.45) is 3.94. The first-order valence-electron chi connectivity index (χ1n) is 3.12. The van der Waals surface area contributed by atoms with Crippen LogP contribution in [0.4, 0.5) is 0 Å². The fourth-order valence-electron chi connectivity index (χ4n) is 0.417. The predicted octanol–water partition coefficient (Wildman–Crippen LogP) is 0.509. The Labute approximate surface area is 76.1 Å². The van der Waals surface area contributed by atoms with E-state index in [2.05, 4.69) is 6.92 Å². The molecular formula is C4H14O2S2Si2. The molecule has 62 valence electrons. The summed E-state index contributed by atoms with van der Waals surface area (Å²) >= 11 is 2.97. The van der Waals surface area contributed by atoms with Crippen molar-refractivity contribution in [2.75, 3.05) is 12.5 Å². The van der Waals surface area contributed by atoms with Gasteiger partial charge in [0.05, 0.1) is 0 Å². The molecule has 0 saturated heterocycles. The molecule has 0 N–H and O–H groups in total. The van der Waals surface area contributed by atoms with Gasteiger partial charge in [-0.15, -0.1) is 0 Å². The third kappa shape index (κ3) is 7.16. The van der Waals surface area contributed by atoms with Crippen LogP contribution >= 0.6 is 24.1 Å². The van der Waals surface area contributed by atoms with E-state index in [9.17, 15) is 0 Å². The second-order valence-electron chi connectivity index (χ2n) is 2.01. The van der Waals surface area contributed by atoms with Crippen molar-refractivity contribution in [2.45, 2.75) is 12.1 Å². The van der Waals surface area contributed by atoms with Crippen LogP contribution in [0.2, 0.25) is 5.16 Å². The molecule has 0 aliphatic rings. The Morgan fingerprint density at radius 3 is 1.80 bits per heavy atom. The summed E-state index contributed by atoms with van der Waals surface area (Å²) in [6.45, 7) is 2.23. The minimum absolute atomic E-state index is 0.298. The first-order valence-corrected chi connectivity index (χ1v) is 8.21. The standard InChI is InChI=1S/C4H14O2S2Si2/c1-4(9-5-7-2)10-6-8-3/h4H,9-10H2,1-3H3. The molecule has 0 spiro atoms. The summed E-state index contributed by atoms with van der Waals surface area (Å²) in [5.41, 5.74) is 0. The second kappa shape index (κ2) is 8.15. The molecule has 0 saturated carbocycles. The lowest BCUT2D eigenvalue weighted by Crippen LogP contribution is -2.09. The molecule has 6 heteroatoms. The highest BCUT2D eigenvalue weighted by Gasteiger charge is 2.03. The molecule has 0 rings (SSSR count). The average molecular weight is 214 g/mol. The van der Waals surface area contributed by atoms with Gasteiger partial charge >= 0.3 is 0 Å². The van der Waals surface area contributed by atoms with E-state index in [1.807, 2.05) is 12.5 Å². The van der Waals surface area contributed by atoms with E-state index in [1.165, 1.54) is 24.1 Å². The van der Waals surface area contributed by atoms with Gasteiger partial charge in [-0.3, -0.25) is 0 Å². The SMILES string of the molecule is CSO[SiH2]C(C)[SiH2]OSC. The summed E-state index contributed by atoms with van der Waals surface area (Å²) in [5, 5.41) is 0.764. The molecule has 0 bridgehead atoms. The Kier molecular flexibility index (Phi) is 9.01. The van der Waals surface area contributed by atoms with Crippen molar-refractivity contribution in [1.29, 1.82) is 0 Å². The van der Waals surface area contributed by atoms with Crippen molar-refractivity contribution in [3.05, 3.63) is 0 Å². The first-order chi connectivity index (χ1) is 4.81. The molecule has 10 heavy (non-hydrogen) atoms. The molecule has 0 aliphatic carbocycles. The number of hydrogen-bond donors (Lipinski definition) is 0. The van der Waals surface area contributed by atoms with Crippen molar-refractivity contribution in [1.82, 2.24) is 0 Å². The smallest absolute Gasteiger partial charge is 0.182 e. The van der Waals surface area contributed by atoms with Crippen LogP contribution in [0.3, 0.4) is 0 Å². The van der Waals surface area contributed by atoms with E-state index < -0.39 is 0 Å². The number of rotatable bonds is 6. The van der Waals surface area contributed by atoms with Gasteiger partial charge < -0.3 is 7.74 Å². The van der Waals surface area contributed by atoms with E-state index in [-0.39, 0.29) is 19.5 Å². The van der Waals surface area contributed by atoms with Gasteiger partial charge in [0.25, 0.3) is 0 Å². The third-order valence-corrected chi connectivity index (χ3v) is 6.47. The zero-order chi connectivity index (χ0) is 7.82. The zero-order valence-electron chi connectivity index (χ0n) is 6.62. The lowest BCUT2D eigenvalue weighted by atomic mass is 11.0. The summed E-state index contributed by atoms with van der Waals surface area (Å²) < 4.78 is 10.6. The highest BCUT2D eigenvalue weighted by Crippen LogP contribution is 2.06. The van der Waals surface area contributed by atoms with Crippen molar-refractivity contribution in [2.24, 2.45) is 0 Å². The van der Waals surface area contributed by atoms with E-state index in [0.717, 1.165) is 5.16 Å². The lowest BCUT2D eigenvalue weighted by Gasteiger charge is -2.06. The fraction of sp³-hybridized carbons (Fsp3) is 1.00. The summed E-state index contributed by atoms with van der Waals surface area (Å²) in [5.74, 6) is 0. The van der Waals surface area contributed by atoms with Gasteiger partial charge in [-0.25, -0.2) is 0 Å². The van der Waals surface area contributed by atoms with Crippen LogP contribution < -0.4 is 0 Å². The Bertz CT molecular complexity index is 68.3. The van der Waals surface area contributed by atoms with Crippen LogP contribution in [0.15, 0.2) is 0 Å². The molecule has 0 atom stereocenters. The third-order valence-electron chi connectivity index (χ3n) is 0.941. The topological polar surface area (TPSA) is 18.5 Å². The van der Waals surface area contributed by atoms with E-state index >= 15 is 0 Å². The zero-order valence-corrected chi connectivity index (χ0v) is 11.1. The molecule has 0 aromatic carbocycles. The van der Waals surface area contributed by atoms with Gasteiger partial charge in [0.1, 0.15) is 0 Å². The molecule has 0 aromatic heterocycles. The average Bonchev–Trinajstić information content (AvgIpc) is 1.97. The van der Waals surface area contributed by atoms with Crippen LogP contribution in [-0.4, -0.2) is 32.0 Å². The van der Waals surface area contributed by atoms with Crippen LogP contribution in [-0.2, 0) is 7.74 Å². The van der Waals surface area contributed by atoms with E-state index in [4.69, 9.17) is 7.74 Å². The largest absolute Gasteiger partial charge is 0.365 e. The van der Waals surface area contributed by atoms with Crippen molar-refractivity contribution >= 4 is 43.6 Å².